The fourth-order valence-corrected chi connectivity index (χ4v) is 3.95. The maximum absolute atomic E-state index is 10.0. The number of rotatable bonds is 10. The summed E-state index contributed by atoms with van der Waals surface area (Å²) in [7, 11) is -1.99. The van der Waals surface area contributed by atoms with Crippen molar-refractivity contribution in [3.05, 3.63) is 35.9 Å². The van der Waals surface area contributed by atoms with Crippen molar-refractivity contribution in [3.63, 3.8) is 0 Å². The Balaban J connectivity index is 2.80. The zero-order valence-corrected chi connectivity index (χ0v) is 18.5. The van der Waals surface area contributed by atoms with Gasteiger partial charge in [-0.1, -0.05) is 58.0 Å². The molecule has 4 nitrogen and oxygen atoms in total. The van der Waals surface area contributed by atoms with Gasteiger partial charge < -0.3 is 19.4 Å². The molecule has 150 valence electrons. The first kappa shape index (κ1) is 23.3. The Kier molecular flexibility index (Phi) is 8.96. The minimum Gasteiger partial charge on any atom is -0.413 e. The smallest absolute Gasteiger partial charge is 0.192 e. The second kappa shape index (κ2) is 9.99. The third-order valence-corrected chi connectivity index (χ3v) is 10.2. The van der Waals surface area contributed by atoms with Gasteiger partial charge in [-0.2, -0.15) is 0 Å². The van der Waals surface area contributed by atoms with Crippen molar-refractivity contribution in [1.82, 2.24) is 0 Å². The second-order valence-corrected chi connectivity index (χ2v) is 13.6. The summed E-state index contributed by atoms with van der Waals surface area (Å²) in [5, 5.41) is 19.4. The van der Waals surface area contributed by atoms with Gasteiger partial charge in [0.2, 0.25) is 0 Å². The lowest BCUT2D eigenvalue weighted by atomic mass is 9.94. The van der Waals surface area contributed by atoms with Crippen LogP contribution in [0.1, 0.15) is 46.6 Å². The van der Waals surface area contributed by atoms with Crippen LogP contribution in [0.15, 0.2) is 30.3 Å². The van der Waals surface area contributed by atoms with Crippen LogP contribution >= 0.6 is 0 Å². The Morgan fingerprint density at radius 3 is 2.15 bits per heavy atom. The van der Waals surface area contributed by atoms with Crippen molar-refractivity contribution < 1.29 is 19.4 Å². The molecule has 0 saturated heterocycles. The van der Waals surface area contributed by atoms with Crippen molar-refractivity contribution in [2.75, 3.05) is 6.61 Å². The van der Waals surface area contributed by atoms with E-state index in [2.05, 4.69) is 59.8 Å². The number of aliphatic hydroxyl groups excluding tert-OH is 2. The Labute approximate surface area is 160 Å². The molecule has 0 fully saturated rings. The second-order valence-electron chi connectivity index (χ2n) is 8.85. The van der Waals surface area contributed by atoms with Crippen LogP contribution in [0.5, 0.6) is 0 Å². The number of hydrogen-bond donors (Lipinski definition) is 2. The Morgan fingerprint density at radius 1 is 1.08 bits per heavy atom. The SMILES string of the molecule is C[C@@H]([C@@H](C)OCc1ccccc1)[C@@H](C[C@@H](O)CO)O[Si](C)(C)C(C)(C)C. The third kappa shape index (κ3) is 7.12. The first-order valence-electron chi connectivity index (χ1n) is 9.60. The fourth-order valence-electron chi connectivity index (χ4n) is 2.52. The molecule has 5 heteroatoms. The molecule has 0 aliphatic heterocycles. The molecule has 1 rings (SSSR count). The molecule has 0 aromatic heterocycles. The molecule has 0 unspecified atom stereocenters. The van der Waals surface area contributed by atoms with Crippen molar-refractivity contribution >= 4 is 8.32 Å². The first-order valence-corrected chi connectivity index (χ1v) is 12.5. The Bertz CT molecular complexity index is 512. The van der Waals surface area contributed by atoms with Crippen molar-refractivity contribution in [1.29, 1.82) is 0 Å². The summed E-state index contributed by atoms with van der Waals surface area (Å²) < 4.78 is 12.7. The van der Waals surface area contributed by atoms with E-state index in [1.165, 1.54) is 0 Å². The molecule has 0 saturated carbocycles. The van der Waals surface area contributed by atoms with Gasteiger partial charge in [-0.05, 0) is 30.6 Å². The van der Waals surface area contributed by atoms with Crippen LogP contribution in [0.2, 0.25) is 18.1 Å². The fraction of sp³-hybridized carbons (Fsp3) is 0.714. The highest BCUT2D eigenvalue weighted by atomic mass is 28.4. The molecule has 1 aromatic rings. The van der Waals surface area contributed by atoms with Gasteiger partial charge in [-0.15, -0.1) is 0 Å². The zero-order valence-electron chi connectivity index (χ0n) is 17.5. The van der Waals surface area contributed by atoms with Crippen LogP contribution in [-0.4, -0.2) is 43.4 Å². The van der Waals surface area contributed by atoms with Crippen molar-refractivity contribution in [2.24, 2.45) is 5.92 Å². The van der Waals surface area contributed by atoms with Crippen LogP contribution in [0.3, 0.4) is 0 Å². The average Bonchev–Trinajstić information content (AvgIpc) is 2.57. The van der Waals surface area contributed by atoms with E-state index in [1.54, 1.807) is 0 Å². The van der Waals surface area contributed by atoms with Crippen LogP contribution in [0, 0.1) is 5.92 Å². The van der Waals surface area contributed by atoms with E-state index in [-0.39, 0.29) is 29.8 Å². The highest BCUT2D eigenvalue weighted by Gasteiger charge is 2.41. The van der Waals surface area contributed by atoms with E-state index in [4.69, 9.17) is 9.16 Å². The Hall–Kier alpha value is -0.723. The molecule has 4 atom stereocenters. The molecule has 1 aromatic carbocycles. The standard InChI is InChI=1S/C21H38O4Si/c1-16(17(2)24-15-18-11-9-8-10-12-18)20(13-19(23)14-22)25-26(6,7)21(3,4)5/h8-12,16-17,19-20,22-23H,13-15H2,1-7H3/t16-,17+,19+,20+/m0/s1. The van der Waals surface area contributed by atoms with E-state index in [0.29, 0.717) is 13.0 Å². The monoisotopic (exact) mass is 382 g/mol. The quantitative estimate of drug-likeness (QED) is 0.590. The molecule has 0 heterocycles. The lowest BCUT2D eigenvalue weighted by molar-refractivity contribution is -0.0421. The summed E-state index contributed by atoms with van der Waals surface area (Å²) in [6.07, 6.45) is -0.517. The van der Waals surface area contributed by atoms with E-state index in [9.17, 15) is 10.2 Å². The van der Waals surface area contributed by atoms with Gasteiger partial charge in [0.05, 0.1) is 31.5 Å². The van der Waals surface area contributed by atoms with Crippen LogP contribution in [0.4, 0.5) is 0 Å². The third-order valence-electron chi connectivity index (χ3n) is 5.65. The Morgan fingerprint density at radius 2 is 1.65 bits per heavy atom. The highest BCUT2D eigenvalue weighted by molar-refractivity contribution is 6.74. The largest absolute Gasteiger partial charge is 0.413 e. The lowest BCUT2D eigenvalue weighted by Crippen LogP contribution is -2.48. The summed E-state index contributed by atoms with van der Waals surface area (Å²) in [4.78, 5) is 0. The molecule has 2 N–H and O–H groups in total. The summed E-state index contributed by atoms with van der Waals surface area (Å²) in [6, 6.07) is 10.1. The number of aliphatic hydroxyl groups is 2. The average molecular weight is 383 g/mol. The number of benzene rings is 1. The maximum Gasteiger partial charge on any atom is 0.192 e. The van der Waals surface area contributed by atoms with E-state index in [0.717, 1.165) is 5.56 Å². The van der Waals surface area contributed by atoms with E-state index in [1.807, 2.05) is 18.2 Å². The summed E-state index contributed by atoms with van der Waals surface area (Å²) in [6.45, 7) is 15.5. The molecular weight excluding hydrogens is 344 g/mol. The van der Waals surface area contributed by atoms with Crippen LogP contribution < -0.4 is 0 Å². The number of hydrogen-bond acceptors (Lipinski definition) is 4. The predicted molar refractivity (Wildman–Crippen MR) is 110 cm³/mol. The van der Waals surface area contributed by atoms with Gasteiger partial charge in [-0.3, -0.25) is 0 Å². The minimum atomic E-state index is -1.99. The van der Waals surface area contributed by atoms with Crippen LogP contribution in [-0.2, 0) is 15.8 Å². The molecule has 0 bridgehead atoms. The molecule has 0 aliphatic rings. The summed E-state index contributed by atoms with van der Waals surface area (Å²) in [5.41, 5.74) is 1.14. The summed E-state index contributed by atoms with van der Waals surface area (Å²) in [5.74, 6) is 0.106. The summed E-state index contributed by atoms with van der Waals surface area (Å²) >= 11 is 0. The highest BCUT2D eigenvalue weighted by Crippen LogP contribution is 2.39. The normalized spacial score (nSPS) is 17.6. The molecule has 0 radical (unpaired) electrons. The number of ether oxygens (including phenoxy) is 1. The van der Waals surface area contributed by atoms with Crippen molar-refractivity contribution in [2.45, 2.75) is 84.1 Å². The molecule has 26 heavy (non-hydrogen) atoms. The van der Waals surface area contributed by atoms with Gasteiger partial charge in [0, 0.05) is 12.3 Å². The van der Waals surface area contributed by atoms with Gasteiger partial charge in [0.25, 0.3) is 0 Å². The molecule has 0 aliphatic carbocycles. The zero-order chi connectivity index (χ0) is 20.0. The van der Waals surface area contributed by atoms with Gasteiger partial charge in [-0.25, -0.2) is 0 Å². The van der Waals surface area contributed by atoms with Gasteiger partial charge in [0.1, 0.15) is 0 Å². The molecule has 0 amide bonds. The lowest BCUT2D eigenvalue weighted by Gasteiger charge is -2.42. The van der Waals surface area contributed by atoms with Gasteiger partial charge >= 0.3 is 0 Å². The van der Waals surface area contributed by atoms with Crippen LogP contribution in [0.25, 0.3) is 0 Å². The molecular formula is C21H38O4Si. The topological polar surface area (TPSA) is 58.9 Å². The van der Waals surface area contributed by atoms with E-state index >= 15 is 0 Å². The predicted octanol–water partition coefficient (Wildman–Crippen LogP) is 4.36. The maximum atomic E-state index is 10.0. The van der Waals surface area contributed by atoms with E-state index < -0.39 is 14.4 Å². The minimum absolute atomic E-state index is 0.0177. The molecule has 0 spiro atoms. The van der Waals surface area contributed by atoms with Crippen molar-refractivity contribution in [3.8, 4) is 0 Å². The van der Waals surface area contributed by atoms with Gasteiger partial charge in [0.15, 0.2) is 8.32 Å². The first-order chi connectivity index (χ1) is 12.0.